The van der Waals surface area contributed by atoms with Crippen LogP contribution < -0.4 is 10.2 Å². The molecule has 34 heavy (non-hydrogen) atoms. The number of piperidine rings is 1. The molecule has 2 aliphatic rings. The molecule has 1 N–H and O–H groups in total. The van der Waals surface area contributed by atoms with E-state index in [9.17, 15) is 9.59 Å². The third-order valence-corrected chi connectivity index (χ3v) is 7.55. The molecule has 182 valence electrons. The van der Waals surface area contributed by atoms with Crippen LogP contribution in [0.3, 0.4) is 0 Å². The number of benzene rings is 2. The lowest BCUT2D eigenvalue weighted by atomic mass is 9.93. The largest absolute Gasteiger partial charge is 0.371 e. The number of carbonyl (C=O) groups excluding carboxylic acids is 2. The summed E-state index contributed by atoms with van der Waals surface area (Å²) in [6.07, 6.45) is 8.69. The average molecular weight is 462 g/mol. The molecule has 1 saturated heterocycles. The smallest absolute Gasteiger partial charge is 0.256 e. The third-order valence-electron chi connectivity index (χ3n) is 7.55. The summed E-state index contributed by atoms with van der Waals surface area (Å²) in [5.74, 6) is 0.165. The summed E-state index contributed by atoms with van der Waals surface area (Å²) < 4.78 is 0. The Balaban J connectivity index is 1.38. The number of anilines is 1. The van der Waals surface area contributed by atoms with Gasteiger partial charge < -0.3 is 15.1 Å². The number of rotatable bonds is 7. The number of amides is 2. The fourth-order valence-electron chi connectivity index (χ4n) is 5.47. The number of nitrogens with zero attached hydrogens (tertiary/aromatic N) is 2. The zero-order valence-corrected chi connectivity index (χ0v) is 20.8. The van der Waals surface area contributed by atoms with Gasteiger partial charge in [0.15, 0.2) is 0 Å². The van der Waals surface area contributed by atoms with Crippen molar-refractivity contribution in [1.29, 1.82) is 0 Å². The summed E-state index contributed by atoms with van der Waals surface area (Å²) in [6.45, 7) is 6.63. The zero-order chi connectivity index (χ0) is 23.9. The van der Waals surface area contributed by atoms with Crippen molar-refractivity contribution in [2.75, 3.05) is 24.5 Å². The number of carbonyl (C=O) groups is 2. The highest BCUT2D eigenvalue weighted by atomic mass is 16.2. The Bertz CT molecular complexity index is 958. The van der Waals surface area contributed by atoms with E-state index in [1.54, 1.807) is 0 Å². The quantitative estimate of drug-likeness (QED) is 0.597. The number of hydrogen-bond acceptors (Lipinski definition) is 3. The predicted molar refractivity (Wildman–Crippen MR) is 139 cm³/mol. The van der Waals surface area contributed by atoms with Gasteiger partial charge in [-0.15, -0.1) is 0 Å². The number of aryl methyl sites for hydroxylation is 1. The molecule has 0 radical (unpaired) electrons. The molecular weight excluding hydrogens is 422 g/mol. The third kappa shape index (κ3) is 5.63. The van der Waals surface area contributed by atoms with Crippen LogP contribution in [0.1, 0.15) is 85.1 Å². The van der Waals surface area contributed by atoms with Crippen LogP contribution in [0.2, 0.25) is 0 Å². The molecule has 5 nitrogen and oxygen atoms in total. The molecule has 0 atom stereocenters. The van der Waals surface area contributed by atoms with Crippen LogP contribution in [-0.2, 0) is 6.42 Å². The van der Waals surface area contributed by atoms with Gasteiger partial charge in [-0.05, 0) is 68.9 Å². The van der Waals surface area contributed by atoms with Gasteiger partial charge in [0, 0.05) is 43.0 Å². The standard InChI is InChI=1S/C29H39N3O2/c1-3-22-14-16-23(17-15-22)28(33)30-24-18-20-31(21-19-24)27-13-9-8-12-26(27)29(34)32(4-2)25-10-6-5-7-11-25/h8-9,12-17,24-25H,3-7,10-11,18-21H2,1-2H3,(H,30,33). The van der Waals surface area contributed by atoms with Crippen molar-refractivity contribution in [3.05, 3.63) is 65.2 Å². The van der Waals surface area contributed by atoms with E-state index in [1.807, 2.05) is 42.5 Å². The summed E-state index contributed by atoms with van der Waals surface area (Å²) in [5, 5.41) is 3.21. The molecule has 0 spiro atoms. The minimum Gasteiger partial charge on any atom is -0.371 e. The monoisotopic (exact) mass is 461 g/mol. The van der Waals surface area contributed by atoms with Crippen LogP contribution in [0.5, 0.6) is 0 Å². The van der Waals surface area contributed by atoms with Crippen molar-refractivity contribution in [2.24, 2.45) is 0 Å². The predicted octanol–water partition coefficient (Wildman–Crippen LogP) is 5.44. The van der Waals surface area contributed by atoms with Crippen LogP contribution in [-0.4, -0.2) is 48.4 Å². The molecule has 0 unspecified atom stereocenters. The van der Waals surface area contributed by atoms with E-state index in [0.717, 1.165) is 68.6 Å². The Morgan fingerprint density at radius 2 is 1.59 bits per heavy atom. The normalized spacial score (nSPS) is 17.4. The van der Waals surface area contributed by atoms with Crippen molar-refractivity contribution >= 4 is 17.5 Å². The van der Waals surface area contributed by atoms with E-state index in [2.05, 4.69) is 35.0 Å². The van der Waals surface area contributed by atoms with Gasteiger partial charge in [-0.2, -0.15) is 0 Å². The Morgan fingerprint density at radius 3 is 2.24 bits per heavy atom. The SMILES string of the molecule is CCc1ccc(C(=O)NC2CCN(c3ccccc3C(=O)N(CC)C3CCCCC3)CC2)cc1. The second kappa shape index (κ2) is 11.5. The van der Waals surface area contributed by atoms with E-state index in [1.165, 1.54) is 24.8 Å². The molecule has 1 aliphatic carbocycles. The second-order valence-electron chi connectivity index (χ2n) is 9.69. The van der Waals surface area contributed by atoms with E-state index in [4.69, 9.17) is 0 Å². The van der Waals surface area contributed by atoms with Crippen molar-refractivity contribution in [1.82, 2.24) is 10.2 Å². The molecule has 2 fully saturated rings. The minimum atomic E-state index is 0.00255. The summed E-state index contributed by atoms with van der Waals surface area (Å²) in [5.41, 5.74) is 3.80. The Labute approximate surface area is 204 Å². The van der Waals surface area contributed by atoms with Crippen molar-refractivity contribution in [3.63, 3.8) is 0 Å². The van der Waals surface area contributed by atoms with Gasteiger partial charge in [-0.25, -0.2) is 0 Å². The lowest BCUT2D eigenvalue weighted by molar-refractivity contribution is 0.0648. The molecule has 0 bridgehead atoms. The molecule has 1 aliphatic heterocycles. The highest BCUT2D eigenvalue weighted by Crippen LogP contribution is 2.29. The topological polar surface area (TPSA) is 52.7 Å². The summed E-state index contributed by atoms with van der Waals surface area (Å²) in [7, 11) is 0. The van der Waals surface area contributed by atoms with Crippen LogP contribution in [0.15, 0.2) is 48.5 Å². The highest BCUT2D eigenvalue weighted by molar-refractivity contribution is 6.00. The maximum absolute atomic E-state index is 13.6. The van der Waals surface area contributed by atoms with Gasteiger partial charge in [0.1, 0.15) is 0 Å². The number of nitrogens with one attached hydrogen (secondary N) is 1. The Hall–Kier alpha value is -2.82. The van der Waals surface area contributed by atoms with Crippen LogP contribution in [0, 0.1) is 0 Å². The van der Waals surface area contributed by atoms with Crippen LogP contribution in [0.25, 0.3) is 0 Å². The summed E-state index contributed by atoms with van der Waals surface area (Å²) >= 11 is 0. The lowest BCUT2D eigenvalue weighted by Crippen LogP contribution is -2.46. The van der Waals surface area contributed by atoms with Gasteiger partial charge in [0.2, 0.25) is 0 Å². The maximum atomic E-state index is 13.6. The molecule has 2 aromatic carbocycles. The molecule has 2 aromatic rings. The molecule has 0 aromatic heterocycles. The van der Waals surface area contributed by atoms with Crippen LogP contribution in [0.4, 0.5) is 5.69 Å². The Kier molecular flexibility index (Phi) is 8.25. The van der Waals surface area contributed by atoms with Crippen molar-refractivity contribution < 1.29 is 9.59 Å². The van der Waals surface area contributed by atoms with Gasteiger partial charge in [0.25, 0.3) is 11.8 Å². The number of para-hydroxylation sites is 1. The zero-order valence-electron chi connectivity index (χ0n) is 20.8. The van der Waals surface area contributed by atoms with Crippen molar-refractivity contribution in [3.8, 4) is 0 Å². The van der Waals surface area contributed by atoms with E-state index in [0.29, 0.717) is 6.04 Å². The number of hydrogen-bond donors (Lipinski definition) is 1. The first-order valence-corrected chi connectivity index (χ1v) is 13.2. The minimum absolute atomic E-state index is 0.00255. The molecule has 1 heterocycles. The second-order valence-corrected chi connectivity index (χ2v) is 9.69. The highest BCUT2D eigenvalue weighted by Gasteiger charge is 2.29. The van der Waals surface area contributed by atoms with E-state index >= 15 is 0 Å². The van der Waals surface area contributed by atoms with Gasteiger partial charge in [-0.3, -0.25) is 9.59 Å². The molecule has 2 amide bonds. The van der Waals surface area contributed by atoms with Crippen molar-refractivity contribution in [2.45, 2.75) is 77.3 Å². The first kappa shape index (κ1) is 24.3. The molecular formula is C29H39N3O2. The molecule has 5 heteroatoms. The molecule has 4 rings (SSSR count). The summed E-state index contributed by atoms with van der Waals surface area (Å²) in [6, 6.07) is 16.5. The van der Waals surface area contributed by atoms with Gasteiger partial charge in [0.05, 0.1) is 5.56 Å². The van der Waals surface area contributed by atoms with E-state index < -0.39 is 0 Å². The maximum Gasteiger partial charge on any atom is 0.256 e. The fourth-order valence-corrected chi connectivity index (χ4v) is 5.47. The molecule has 1 saturated carbocycles. The first-order valence-electron chi connectivity index (χ1n) is 13.2. The summed E-state index contributed by atoms with van der Waals surface area (Å²) in [4.78, 5) is 30.7. The lowest BCUT2D eigenvalue weighted by Gasteiger charge is -2.37. The van der Waals surface area contributed by atoms with E-state index in [-0.39, 0.29) is 17.9 Å². The fraction of sp³-hybridized carbons (Fsp3) is 0.517. The average Bonchev–Trinajstić information content (AvgIpc) is 2.90. The first-order chi connectivity index (χ1) is 16.6. The van der Waals surface area contributed by atoms with Gasteiger partial charge >= 0.3 is 0 Å². The van der Waals surface area contributed by atoms with Gasteiger partial charge in [-0.1, -0.05) is 50.5 Å². The Morgan fingerprint density at radius 1 is 0.912 bits per heavy atom. The van der Waals surface area contributed by atoms with Crippen LogP contribution >= 0.6 is 0 Å².